The molecule has 0 aliphatic heterocycles. The third-order valence-corrected chi connectivity index (χ3v) is 2.07. The summed E-state index contributed by atoms with van der Waals surface area (Å²) in [6.07, 6.45) is 1.79. The maximum atomic E-state index is 5.08. The summed E-state index contributed by atoms with van der Waals surface area (Å²) in [6.45, 7) is 1.99. The molecule has 0 atom stereocenters. The summed E-state index contributed by atoms with van der Waals surface area (Å²) in [4.78, 5) is 4.13. The van der Waals surface area contributed by atoms with Crippen LogP contribution in [0.15, 0.2) is 23.4 Å². The zero-order valence-corrected chi connectivity index (χ0v) is 8.24. The molecule has 1 rings (SSSR count). The molecule has 11 heavy (non-hydrogen) atoms. The minimum atomic E-state index is 0.725. The van der Waals surface area contributed by atoms with Gasteiger partial charge in [-0.15, -0.1) is 0 Å². The van der Waals surface area contributed by atoms with Crippen LogP contribution >= 0.6 is 22.6 Å². The van der Waals surface area contributed by atoms with Crippen molar-refractivity contribution >= 4 is 26.3 Å². The van der Waals surface area contributed by atoms with Crippen molar-refractivity contribution in [1.29, 1.82) is 0 Å². The molecule has 0 spiro atoms. The first-order chi connectivity index (χ1) is 5.24. The highest BCUT2D eigenvalue weighted by Gasteiger charge is 1.97. The monoisotopic (exact) mass is 261 g/mol. The van der Waals surface area contributed by atoms with Crippen molar-refractivity contribution < 1.29 is 0 Å². The number of nitrogens with two attached hydrogens (primary N) is 1. The highest BCUT2D eigenvalue weighted by Crippen LogP contribution is 2.04. The second-order valence-corrected chi connectivity index (χ2v) is 3.16. The van der Waals surface area contributed by atoms with E-state index in [0.29, 0.717) is 0 Å². The van der Waals surface area contributed by atoms with Gasteiger partial charge in [0.05, 0.1) is 5.69 Å². The van der Waals surface area contributed by atoms with Gasteiger partial charge in [-0.05, 0) is 41.1 Å². The Morgan fingerprint density at radius 3 is 2.82 bits per heavy atom. The molecule has 3 nitrogen and oxygen atoms in total. The number of hydrogen-bond donors (Lipinski definition) is 1. The minimum Gasteiger partial charge on any atom is -0.322 e. The van der Waals surface area contributed by atoms with Crippen LogP contribution in [0.4, 0.5) is 0 Å². The van der Waals surface area contributed by atoms with E-state index in [-0.39, 0.29) is 0 Å². The van der Waals surface area contributed by atoms with E-state index in [1.807, 2.05) is 41.6 Å². The first-order valence-electron chi connectivity index (χ1n) is 3.10. The number of hydrogen-bond acceptors (Lipinski definition) is 3. The molecule has 1 heterocycles. The molecule has 58 valence electrons. The standard InChI is InChI=1S/C7H8IN3/c1-5-2-3-6(10-4-5)7(8)11-9/h2-4H,9H2,1H3. The van der Waals surface area contributed by atoms with Crippen molar-refractivity contribution in [2.24, 2.45) is 10.9 Å². The lowest BCUT2D eigenvalue weighted by atomic mass is 10.3. The number of hydrazone groups is 1. The average molecular weight is 261 g/mol. The van der Waals surface area contributed by atoms with Crippen LogP contribution in [0.1, 0.15) is 11.3 Å². The summed E-state index contributed by atoms with van der Waals surface area (Å²) >= 11 is 2.05. The minimum absolute atomic E-state index is 0.725. The van der Waals surface area contributed by atoms with Gasteiger partial charge in [0.1, 0.15) is 3.72 Å². The summed E-state index contributed by atoms with van der Waals surface area (Å²) in [7, 11) is 0. The van der Waals surface area contributed by atoms with Gasteiger partial charge in [0.25, 0.3) is 0 Å². The van der Waals surface area contributed by atoms with Gasteiger partial charge in [0.15, 0.2) is 0 Å². The van der Waals surface area contributed by atoms with Gasteiger partial charge < -0.3 is 5.84 Å². The molecular formula is C7H8IN3. The van der Waals surface area contributed by atoms with E-state index in [9.17, 15) is 0 Å². The number of pyridine rings is 1. The number of nitrogens with zero attached hydrogens (tertiary/aromatic N) is 2. The fraction of sp³-hybridized carbons (Fsp3) is 0.143. The number of aromatic nitrogens is 1. The molecular weight excluding hydrogens is 253 g/mol. The van der Waals surface area contributed by atoms with Gasteiger partial charge in [-0.25, -0.2) is 0 Å². The lowest BCUT2D eigenvalue weighted by Gasteiger charge is -1.95. The Kier molecular flexibility index (Phi) is 2.81. The average Bonchev–Trinajstić information content (AvgIpc) is 2.05. The van der Waals surface area contributed by atoms with E-state index in [2.05, 4.69) is 10.1 Å². The van der Waals surface area contributed by atoms with Crippen molar-refractivity contribution in [3.63, 3.8) is 0 Å². The lowest BCUT2D eigenvalue weighted by Crippen LogP contribution is -1.97. The first kappa shape index (κ1) is 8.45. The number of halogens is 1. The fourth-order valence-corrected chi connectivity index (χ4v) is 0.975. The Morgan fingerprint density at radius 1 is 1.64 bits per heavy atom. The summed E-state index contributed by atoms with van der Waals surface area (Å²) < 4.78 is 0.725. The van der Waals surface area contributed by atoms with Crippen LogP contribution in [0.2, 0.25) is 0 Å². The van der Waals surface area contributed by atoms with Gasteiger partial charge >= 0.3 is 0 Å². The van der Waals surface area contributed by atoms with Crippen LogP contribution in [0.25, 0.3) is 0 Å². The Bertz CT molecular complexity index is 266. The molecule has 1 aromatic rings. The van der Waals surface area contributed by atoms with E-state index in [0.717, 1.165) is 15.0 Å². The highest BCUT2D eigenvalue weighted by atomic mass is 127. The largest absolute Gasteiger partial charge is 0.322 e. The van der Waals surface area contributed by atoms with Gasteiger partial charge in [-0.1, -0.05) is 6.07 Å². The molecule has 4 heteroatoms. The topological polar surface area (TPSA) is 51.3 Å². The molecule has 0 bridgehead atoms. The van der Waals surface area contributed by atoms with Gasteiger partial charge in [-0.3, -0.25) is 4.98 Å². The van der Waals surface area contributed by atoms with Crippen LogP contribution in [0, 0.1) is 6.92 Å². The van der Waals surface area contributed by atoms with Gasteiger partial charge in [0.2, 0.25) is 0 Å². The van der Waals surface area contributed by atoms with E-state index >= 15 is 0 Å². The maximum Gasteiger partial charge on any atom is 0.146 e. The van der Waals surface area contributed by atoms with E-state index in [1.54, 1.807) is 6.20 Å². The second-order valence-electron chi connectivity index (χ2n) is 2.14. The molecule has 0 saturated carbocycles. The maximum absolute atomic E-state index is 5.08. The van der Waals surface area contributed by atoms with Gasteiger partial charge in [-0.2, -0.15) is 5.10 Å². The lowest BCUT2D eigenvalue weighted by molar-refractivity contribution is 1.21. The van der Waals surface area contributed by atoms with E-state index < -0.39 is 0 Å². The predicted molar refractivity (Wildman–Crippen MR) is 53.7 cm³/mol. The quantitative estimate of drug-likeness (QED) is 0.360. The molecule has 0 fully saturated rings. The molecule has 0 aliphatic carbocycles. The summed E-state index contributed by atoms with van der Waals surface area (Å²) in [5.74, 6) is 5.08. The van der Waals surface area contributed by atoms with E-state index in [1.165, 1.54) is 0 Å². The number of aryl methyl sites for hydroxylation is 1. The van der Waals surface area contributed by atoms with Crippen LogP contribution < -0.4 is 5.84 Å². The number of rotatable bonds is 1. The normalized spacial score (nSPS) is 11.6. The Morgan fingerprint density at radius 2 is 2.36 bits per heavy atom. The first-order valence-corrected chi connectivity index (χ1v) is 4.18. The Hall–Kier alpha value is -0.650. The van der Waals surface area contributed by atoms with Crippen LogP contribution in [-0.4, -0.2) is 8.70 Å². The second kappa shape index (κ2) is 3.66. The van der Waals surface area contributed by atoms with Gasteiger partial charge in [0, 0.05) is 6.20 Å². The third-order valence-electron chi connectivity index (χ3n) is 1.24. The molecule has 0 saturated heterocycles. The molecule has 0 radical (unpaired) electrons. The van der Waals surface area contributed by atoms with Crippen LogP contribution in [0.5, 0.6) is 0 Å². The fourth-order valence-electron chi connectivity index (χ4n) is 0.656. The summed E-state index contributed by atoms with van der Waals surface area (Å²) in [5.41, 5.74) is 1.95. The molecule has 0 aromatic carbocycles. The smallest absolute Gasteiger partial charge is 0.146 e. The summed E-state index contributed by atoms with van der Waals surface area (Å²) in [5, 5.41) is 3.53. The van der Waals surface area contributed by atoms with Crippen LogP contribution in [-0.2, 0) is 0 Å². The van der Waals surface area contributed by atoms with Crippen molar-refractivity contribution in [3.8, 4) is 0 Å². The zero-order valence-electron chi connectivity index (χ0n) is 6.08. The molecule has 1 aromatic heterocycles. The zero-order chi connectivity index (χ0) is 8.27. The Balaban J connectivity index is 2.99. The van der Waals surface area contributed by atoms with Crippen molar-refractivity contribution in [1.82, 2.24) is 4.98 Å². The van der Waals surface area contributed by atoms with E-state index in [4.69, 9.17) is 5.84 Å². The molecule has 0 aliphatic rings. The molecule has 2 N–H and O–H groups in total. The predicted octanol–water partition coefficient (Wildman–Crippen LogP) is 1.45. The third kappa shape index (κ3) is 2.14. The van der Waals surface area contributed by atoms with Crippen molar-refractivity contribution in [2.45, 2.75) is 6.92 Å². The van der Waals surface area contributed by atoms with Crippen LogP contribution in [0.3, 0.4) is 0 Å². The highest BCUT2D eigenvalue weighted by molar-refractivity contribution is 14.1. The molecule has 0 amide bonds. The Labute approximate surface area is 78.8 Å². The SMILES string of the molecule is Cc1ccc(C(I)=NN)nc1. The van der Waals surface area contributed by atoms with Crippen molar-refractivity contribution in [3.05, 3.63) is 29.6 Å². The molecule has 0 unspecified atom stereocenters. The van der Waals surface area contributed by atoms with Crippen molar-refractivity contribution in [2.75, 3.05) is 0 Å². The summed E-state index contributed by atoms with van der Waals surface area (Å²) in [6, 6.07) is 3.87.